The zero-order valence-electron chi connectivity index (χ0n) is 30.6. The highest BCUT2D eigenvalue weighted by atomic mass is 16.5. The van der Waals surface area contributed by atoms with Crippen molar-refractivity contribution in [3.63, 3.8) is 0 Å². The minimum absolute atomic E-state index is 0.0429. The summed E-state index contributed by atoms with van der Waals surface area (Å²) < 4.78 is 14.0. The highest BCUT2D eigenvalue weighted by Crippen LogP contribution is 2.28. The van der Waals surface area contributed by atoms with Crippen LogP contribution in [0.15, 0.2) is 48.7 Å². The second-order valence-corrected chi connectivity index (χ2v) is 13.1. The molecule has 0 radical (unpaired) electrons. The normalized spacial score (nSPS) is 18.7. The number of hydrogen-bond acceptors (Lipinski definition) is 9. The summed E-state index contributed by atoms with van der Waals surface area (Å²) in [7, 11) is 3.13. The van der Waals surface area contributed by atoms with Crippen molar-refractivity contribution in [2.45, 2.75) is 78.0 Å². The van der Waals surface area contributed by atoms with Gasteiger partial charge in [0.1, 0.15) is 25.0 Å². The van der Waals surface area contributed by atoms with Gasteiger partial charge in [-0.25, -0.2) is 9.67 Å². The summed E-state index contributed by atoms with van der Waals surface area (Å²) in [6, 6.07) is 11.8. The van der Waals surface area contributed by atoms with Gasteiger partial charge < -0.3 is 30.3 Å². The Bertz CT molecular complexity index is 1870. The third-order valence-corrected chi connectivity index (χ3v) is 9.35. The number of fused-ring (bicyclic) bond motifs is 2. The molecule has 2 aromatic heterocycles. The molecule has 4 aromatic rings. The fourth-order valence-corrected chi connectivity index (χ4v) is 6.26. The van der Waals surface area contributed by atoms with Crippen molar-refractivity contribution in [2.75, 3.05) is 33.9 Å². The van der Waals surface area contributed by atoms with Crippen LogP contribution in [0, 0.1) is 5.92 Å². The first-order valence-electron chi connectivity index (χ1n) is 17.8. The Morgan fingerprint density at radius 3 is 2.54 bits per heavy atom. The predicted molar refractivity (Wildman–Crippen MR) is 193 cm³/mol. The molecule has 3 atom stereocenters. The zero-order valence-corrected chi connectivity index (χ0v) is 30.6. The van der Waals surface area contributed by atoms with Crippen LogP contribution in [0.25, 0.3) is 10.9 Å². The van der Waals surface area contributed by atoms with Gasteiger partial charge in [0, 0.05) is 37.9 Å². The van der Waals surface area contributed by atoms with Crippen LogP contribution >= 0.6 is 0 Å². The van der Waals surface area contributed by atoms with Crippen molar-refractivity contribution in [1.29, 1.82) is 0 Å². The quantitative estimate of drug-likeness (QED) is 0.248. The lowest BCUT2D eigenvalue weighted by molar-refractivity contribution is -0.133. The van der Waals surface area contributed by atoms with Crippen LogP contribution < -0.4 is 25.4 Å². The number of aromatic nitrogens is 5. The van der Waals surface area contributed by atoms with E-state index in [1.807, 2.05) is 50.2 Å². The average molecular weight is 716 g/mol. The number of carbonyl (C=O) groups excluding carboxylic acids is 4. The molecule has 0 spiro atoms. The highest BCUT2D eigenvalue weighted by Gasteiger charge is 2.29. The topological polar surface area (TPSA) is 175 Å². The van der Waals surface area contributed by atoms with Crippen LogP contribution in [-0.2, 0) is 38.7 Å². The number of rotatable bonds is 8. The summed E-state index contributed by atoms with van der Waals surface area (Å²) in [6.07, 6.45) is 3.76. The molecule has 3 heterocycles. The SMILES string of the molecule is CC[C@H](C)[C@@H]1NC(=O)CCCN(C(=O)Cn2ncc3ccccc32)CCCNC(=O)Cn2nc(Cc3ccc(OC)c(OC)c3)nc2[C@@H](C)NC1=O. The van der Waals surface area contributed by atoms with Crippen LogP contribution in [-0.4, -0.2) is 93.0 Å². The maximum absolute atomic E-state index is 13.7. The van der Waals surface area contributed by atoms with Crippen molar-refractivity contribution in [2.24, 2.45) is 5.92 Å². The van der Waals surface area contributed by atoms with Crippen molar-refractivity contribution < 1.29 is 28.7 Å². The van der Waals surface area contributed by atoms with Gasteiger partial charge in [0.15, 0.2) is 17.3 Å². The monoisotopic (exact) mass is 715 g/mol. The molecule has 0 aliphatic carbocycles. The smallest absolute Gasteiger partial charge is 0.244 e. The molecule has 15 nitrogen and oxygen atoms in total. The number of benzene rings is 2. The Morgan fingerprint density at radius 1 is 1.00 bits per heavy atom. The van der Waals surface area contributed by atoms with E-state index in [0.29, 0.717) is 68.5 Å². The number of carbonyl (C=O) groups is 4. The Labute approximate surface area is 303 Å². The summed E-state index contributed by atoms with van der Waals surface area (Å²) in [4.78, 5) is 60.2. The van der Waals surface area contributed by atoms with Crippen molar-refractivity contribution in [3.8, 4) is 11.5 Å². The minimum atomic E-state index is -0.796. The summed E-state index contributed by atoms with van der Waals surface area (Å²) in [6.45, 7) is 6.59. The van der Waals surface area contributed by atoms with Gasteiger partial charge in [-0.05, 0) is 49.4 Å². The van der Waals surface area contributed by atoms with E-state index in [-0.39, 0.29) is 49.1 Å². The first-order valence-corrected chi connectivity index (χ1v) is 17.8. The van der Waals surface area contributed by atoms with E-state index < -0.39 is 12.1 Å². The third-order valence-electron chi connectivity index (χ3n) is 9.35. The van der Waals surface area contributed by atoms with E-state index in [4.69, 9.17) is 14.5 Å². The fraction of sp³-hybridized carbons (Fsp3) is 0.486. The van der Waals surface area contributed by atoms with Gasteiger partial charge >= 0.3 is 0 Å². The Balaban J connectivity index is 1.37. The molecule has 2 aromatic carbocycles. The average Bonchev–Trinajstić information content (AvgIpc) is 3.73. The van der Waals surface area contributed by atoms with Crippen LogP contribution in [0.3, 0.4) is 0 Å². The molecule has 3 N–H and O–H groups in total. The van der Waals surface area contributed by atoms with E-state index in [0.717, 1.165) is 16.5 Å². The fourth-order valence-electron chi connectivity index (χ4n) is 6.26. The molecule has 1 aliphatic heterocycles. The lowest BCUT2D eigenvalue weighted by Gasteiger charge is -2.26. The molecule has 0 fully saturated rings. The van der Waals surface area contributed by atoms with E-state index in [9.17, 15) is 19.2 Å². The Morgan fingerprint density at radius 2 is 1.77 bits per heavy atom. The standard InChI is InChI=1S/C37H49N9O6/c1-6-24(2)35-37(50)40-25(3)36-41-31(20-26-14-15-29(51-4)30(19-26)52-5)43-46(36)22-33(48)38-16-10-18-44(17-9-13-32(47)42-35)34(49)23-45-28-12-8-7-11-27(28)21-39-45/h7-8,11-12,14-15,19,21,24-25,35H,6,9-10,13,16-18,20,22-23H2,1-5H3,(H,38,48)(H,40,50)(H,42,47)/t24-,25+,35-/m0/s1. The van der Waals surface area contributed by atoms with Gasteiger partial charge in [0.05, 0.1) is 32.0 Å². The number of nitrogens with one attached hydrogen (secondary N) is 3. The van der Waals surface area contributed by atoms with Crippen LogP contribution in [0.4, 0.5) is 0 Å². The number of amides is 4. The van der Waals surface area contributed by atoms with Crippen LogP contribution in [0.1, 0.15) is 69.7 Å². The molecule has 0 saturated carbocycles. The van der Waals surface area contributed by atoms with Gasteiger partial charge in [-0.3, -0.25) is 23.9 Å². The number of hydrogen-bond donors (Lipinski definition) is 3. The lowest BCUT2D eigenvalue weighted by atomic mass is 9.97. The first-order chi connectivity index (χ1) is 25.1. The molecule has 52 heavy (non-hydrogen) atoms. The maximum atomic E-state index is 13.7. The van der Waals surface area contributed by atoms with Gasteiger partial charge in [-0.15, -0.1) is 0 Å². The van der Waals surface area contributed by atoms with Crippen LogP contribution in [0.2, 0.25) is 0 Å². The summed E-state index contributed by atoms with van der Waals surface area (Å²) >= 11 is 0. The maximum Gasteiger partial charge on any atom is 0.244 e. The largest absolute Gasteiger partial charge is 0.493 e. The molecular formula is C37H49N9O6. The van der Waals surface area contributed by atoms with E-state index >= 15 is 0 Å². The molecule has 1 aliphatic rings. The molecule has 0 unspecified atom stereocenters. The number of methoxy groups -OCH3 is 2. The Kier molecular flexibility index (Phi) is 12.8. The second kappa shape index (κ2) is 17.6. The van der Waals surface area contributed by atoms with Gasteiger partial charge in [0.2, 0.25) is 23.6 Å². The highest BCUT2D eigenvalue weighted by molar-refractivity contribution is 5.88. The first kappa shape index (κ1) is 37.8. The van der Waals surface area contributed by atoms with E-state index in [1.165, 1.54) is 4.68 Å². The van der Waals surface area contributed by atoms with E-state index in [1.54, 1.807) is 43.0 Å². The second-order valence-electron chi connectivity index (χ2n) is 13.1. The van der Waals surface area contributed by atoms with Crippen molar-refractivity contribution in [1.82, 2.24) is 45.4 Å². The van der Waals surface area contributed by atoms with Gasteiger partial charge in [-0.1, -0.05) is 44.5 Å². The van der Waals surface area contributed by atoms with Crippen molar-refractivity contribution in [3.05, 3.63) is 65.9 Å². The third kappa shape index (κ3) is 9.44. The van der Waals surface area contributed by atoms with Gasteiger partial charge in [-0.2, -0.15) is 10.2 Å². The lowest BCUT2D eigenvalue weighted by Crippen LogP contribution is -2.51. The molecule has 0 saturated heterocycles. The van der Waals surface area contributed by atoms with Crippen molar-refractivity contribution >= 4 is 34.5 Å². The zero-order chi connectivity index (χ0) is 37.2. The minimum Gasteiger partial charge on any atom is -0.493 e. The summed E-state index contributed by atoms with van der Waals surface area (Å²) in [5.41, 5.74) is 1.72. The number of para-hydroxylation sites is 1. The van der Waals surface area contributed by atoms with Gasteiger partial charge in [0.25, 0.3) is 0 Å². The molecule has 5 rings (SSSR count). The molecule has 4 amide bonds. The Hall–Kier alpha value is -5.47. The molecule has 278 valence electrons. The number of nitrogens with zero attached hydrogens (tertiary/aromatic N) is 6. The molecule has 0 bridgehead atoms. The number of ether oxygens (including phenoxy) is 2. The van der Waals surface area contributed by atoms with E-state index in [2.05, 4.69) is 26.1 Å². The molecule has 15 heteroatoms. The van der Waals surface area contributed by atoms with Crippen LogP contribution in [0.5, 0.6) is 11.5 Å². The summed E-state index contributed by atoms with van der Waals surface area (Å²) in [5, 5.41) is 18.9. The summed E-state index contributed by atoms with van der Waals surface area (Å²) in [5.74, 6) is 0.794. The predicted octanol–water partition coefficient (Wildman–Crippen LogP) is 2.77. The molecular weight excluding hydrogens is 666 g/mol.